The maximum atomic E-state index is 11.8. The molecule has 0 aliphatic rings. The Morgan fingerprint density at radius 1 is 1.29 bits per heavy atom. The Hall–Kier alpha value is -0.980. The van der Waals surface area contributed by atoms with Gasteiger partial charge in [-0.2, -0.15) is 0 Å². The summed E-state index contributed by atoms with van der Waals surface area (Å²) in [7, 11) is 5.25. The van der Waals surface area contributed by atoms with Gasteiger partial charge in [0.15, 0.2) is 11.4 Å². The van der Waals surface area contributed by atoms with Gasteiger partial charge in [0, 0.05) is 25.4 Å². The molecule has 0 amide bonds. The van der Waals surface area contributed by atoms with Gasteiger partial charge in [0.1, 0.15) is 6.54 Å². The first kappa shape index (κ1) is 16.0. The molecular weight excluding hydrogens is 226 g/mol. The number of nitrogens with zero attached hydrogens (tertiary/aromatic N) is 1. The third kappa shape index (κ3) is 6.35. The van der Waals surface area contributed by atoms with E-state index in [0.29, 0.717) is 0 Å². The molecule has 0 aliphatic carbocycles. The molecule has 0 radical (unpaired) electrons. The number of carboxylic acids is 1. The molecule has 0 bridgehead atoms. The Kier molecular flexibility index (Phi) is 5.74. The molecule has 0 aromatic heterocycles. The van der Waals surface area contributed by atoms with Crippen LogP contribution < -0.4 is 5.11 Å². The van der Waals surface area contributed by atoms with Gasteiger partial charge in [-0.05, 0) is 6.42 Å². The highest BCUT2D eigenvalue weighted by Gasteiger charge is 2.40. The normalized spacial score (nSPS) is 15.4. The molecule has 0 fully saturated rings. The number of aliphatic carboxylic acids is 1. The van der Waals surface area contributed by atoms with Crippen LogP contribution in [0.1, 0.15) is 19.3 Å². The molecule has 0 saturated heterocycles. The molecule has 0 saturated carbocycles. The van der Waals surface area contributed by atoms with Crippen LogP contribution in [0.15, 0.2) is 0 Å². The van der Waals surface area contributed by atoms with Crippen molar-refractivity contribution in [1.82, 2.24) is 0 Å². The summed E-state index contributed by atoms with van der Waals surface area (Å²) in [5.41, 5.74) is -1.92. The second-order valence-corrected chi connectivity index (χ2v) is 5.28. The van der Waals surface area contributed by atoms with E-state index in [1.165, 1.54) is 0 Å². The number of likely N-dealkylation sites (N-methyl/N-ethyl adjacent to an activating group) is 1. The van der Waals surface area contributed by atoms with Crippen LogP contribution in [0.2, 0.25) is 0 Å². The van der Waals surface area contributed by atoms with Crippen molar-refractivity contribution in [2.24, 2.45) is 0 Å². The average molecular weight is 247 g/mol. The quantitative estimate of drug-likeness (QED) is 0.479. The molecule has 6 heteroatoms. The minimum Gasteiger partial charge on any atom is -0.550 e. The number of hydrogen-bond acceptors (Lipinski definition) is 5. The molecule has 0 rings (SSSR count). The van der Waals surface area contributed by atoms with E-state index in [4.69, 9.17) is 5.11 Å². The number of ketones is 1. The molecule has 0 aliphatic heterocycles. The van der Waals surface area contributed by atoms with Crippen LogP contribution in [0, 0.1) is 0 Å². The predicted molar refractivity (Wildman–Crippen MR) is 58.8 cm³/mol. The van der Waals surface area contributed by atoms with E-state index in [9.17, 15) is 19.8 Å². The summed E-state index contributed by atoms with van der Waals surface area (Å²) < 4.78 is 0.259. The third-order valence-corrected chi connectivity index (χ3v) is 2.25. The zero-order valence-electron chi connectivity index (χ0n) is 10.6. The number of hydrogen-bond donors (Lipinski definition) is 2. The Balaban J connectivity index is 4.83. The first-order chi connectivity index (χ1) is 7.60. The fourth-order valence-electron chi connectivity index (χ4n) is 1.74. The molecule has 2 N–H and O–H groups in total. The summed E-state index contributed by atoms with van der Waals surface area (Å²) in [6.07, 6.45) is -0.543. The second kappa shape index (κ2) is 6.09. The molecular formula is C11H21NO5. The number of Topliss-reactive ketones (excluding diaryl/α,β-unsaturated/α-hetero) is 1. The minimum absolute atomic E-state index is 0.00869. The monoisotopic (exact) mass is 247 g/mol. The van der Waals surface area contributed by atoms with Crippen molar-refractivity contribution in [1.29, 1.82) is 0 Å². The Bertz CT molecular complexity index is 284. The summed E-state index contributed by atoms with van der Waals surface area (Å²) in [5.74, 6) is -2.03. The molecule has 1 unspecified atom stereocenters. The van der Waals surface area contributed by atoms with E-state index in [-0.39, 0.29) is 30.5 Å². The number of rotatable bonds is 8. The predicted octanol–water partition coefficient (Wildman–Crippen LogP) is -2.09. The van der Waals surface area contributed by atoms with Crippen molar-refractivity contribution in [3.05, 3.63) is 0 Å². The van der Waals surface area contributed by atoms with Crippen LogP contribution in [-0.2, 0) is 9.59 Å². The van der Waals surface area contributed by atoms with Crippen molar-refractivity contribution in [2.45, 2.75) is 24.9 Å². The topological polar surface area (TPSA) is 97.7 Å². The fraction of sp³-hybridized carbons (Fsp3) is 0.818. The standard InChI is InChI=1S/C11H21NO5/c1-12(2,3)8-11(17,7-10(15)16)9(14)5-4-6-13/h13,17H,4-8H2,1-3H3. The van der Waals surface area contributed by atoms with Crippen LogP contribution >= 0.6 is 0 Å². The van der Waals surface area contributed by atoms with E-state index in [2.05, 4.69) is 0 Å². The maximum absolute atomic E-state index is 11.8. The van der Waals surface area contributed by atoms with Crippen LogP contribution in [0.25, 0.3) is 0 Å². The Labute approximate surface area is 101 Å². The lowest BCUT2D eigenvalue weighted by Crippen LogP contribution is -2.56. The number of quaternary nitrogens is 1. The molecule has 17 heavy (non-hydrogen) atoms. The van der Waals surface area contributed by atoms with Gasteiger partial charge in [-0.3, -0.25) is 4.79 Å². The van der Waals surface area contributed by atoms with Crippen molar-refractivity contribution >= 4 is 11.8 Å². The number of aliphatic hydroxyl groups excluding tert-OH is 1. The van der Waals surface area contributed by atoms with E-state index in [1.807, 2.05) is 0 Å². The minimum atomic E-state index is -1.92. The van der Waals surface area contributed by atoms with E-state index in [0.717, 1.165) is 0 Å². The van der Waals surface area contributed by atoms with Crippen LogP contribution in [0.5, 0.6) is 0 Å². The number of carboxylic acid groups (broad SMARTS) is 1. The smallest absolute Gasteiger partial charge is 0.177 e. The van der Waals surface area contributed by atoms with E-state index >= 15 is 0 Å². The lowest BCUT2D eigenvalue weighted by Gasteiger charge is -2.34. The Morgan fingerprint density at radius 2 is 1.82 bits per heavy atom. The molecule has 0 aromatic carbocycles. The highest BCUT2D eigenvalue weighted by atomic mass is 16.4. The van der Waals surface area contributed by atoms with Gasteiger partial charge in [-0.25, -0.2) is 0 Å². The number of carbonyl (C=O) groups is 2. The van der Waals surface area contributed by atoms with Gasteiger partial charge in [-0.1, -0.05) is 0 Å². The van der Waals surface area contributed by atoms with Crippen molar-refractivity contribution < 1.29 is 29.4 Å². The first-order valence-electron chi connectivity index (χ1n) is 5.47. The summed E-state index contributed by atoms with van der Waals surface area (Å²) >= 11 is 0. The zero-order valence-corrected chi connectivity index (χ0v) is 10.6. The fourth-order valence-corrected chi connectivity index (χ4v) is 1.74. The maximum Gasteiger partial charge on any atom is 0.177 e. The summed E-state index contributed by atoms with van der Waals surface area (Å²) in [6.45, 7) is -0.178. The zero-order chi connectivity index (χ0) is 13.7. The number of aliphatic hydroxyl groups is 2. The lowest BCUT2D eigenvalue weighted by atomic mass is 9.90. The summed E-state index contributed by atoms with van der Waals surface area (Å²) in [4.78, 5) is 22.4. The van der Waals surface area contributed by atoms with Crippen LogP contribution in [0.3, 0.4) is 0 Å². The molecule has 1 atom stereocenters. The van der Waals surface area contributed by atoms with Crippen molar-refractivity contribution in [2.75, 3.05) is 34.3 Å². The molecule has 0 heterocycles. The molecule has 100 valence electrons. The third-order valence-electron chi connectivity index (χ3n) is 2.25. The Morgan fingerprint density at radius 3 is 2.18 bits per heavy atom. The first-order valence-corrected chi connectivity index (χ1v) is 5.47. The highest BCUT2D eigenvalue weighted by molar-refractivity contribution is 5.90. The van der Waals surface area contributed by atoms with Gasteiger partial charge in [0.05, 0.1) is 21.1 Å². The van der Waals surface area contributed by atoms with Crippen molar-refractivity contribution in [3.8, 4) is 0 Å². The SMILES string of the molecule is C[N+](C)(C)CC(O)(CC(=O)[O-])C(=O)CCCO. The van der Waals surface area contributed by atoms with Gasteiger partial charge >= 0.3 is 0 Å². The average Bonchev–Trinajstić information content (AvgIpc) is 2.09. The van der Waals surface area contributed by atoms with Gasteiger partial charge in [0.2, 0.25) is 0 Å². The van der Waals surface area contributed by atoms with Crippen LogP contribution in [0.4, 0.5) is 0 Å². The van der Waals surface area contributed by atoms with Crippen molar-refractivity contribution in [3.63, 3.8) is 0 Å². The lowest BCUT2D eigenvalue weighted by molar-refractivity contribution is -0.875. The molecule has 6 nitrogen and oxygen atoms in total. The van der Waals surface area contributed by atoms with E-state index in [1.54, 1.807) is 21.1 Å². The second-order valence-electron chi connectivity index (χ2n) is 5.28. The van der Waals surface area contributed by atoms with E-state index < -0.39 is 23.8 Å². The largest absolute Gasteiger partial charge is 0.550 e. The van der Waals surface area contributed by atoms with Crippen LogP contribution in [-0.4, -0.2) is 66.3 Å². The summed E-state index contributed by atoms with van der Waals surface area (Å²) in [5, 5.41) is 29.4. The van der Waals surface area contributed by atoms with Gasteiger partial charge in [-0.15, -0.1) is 0 Å². The molecule has 0 spiro atoms. The molecule has 0 aromatic rings. The van der Waals surface area contributed by atoms with Gasteiger partial charge in [0.25, 0.3) is 0 Å². The van der Waals surface area contributed by atoms with Gasteiger partial charge < -0.3 is 24.6 Å². The summed E-state index contributed by atoms with van der Waals surface area (Å²) in [6, 6.07) is 0. The number of carbonyl (C=O) groups excluding carboxylic acids is 2. The highest BCUT2D eigenvalue weighted by Crippen LogP contribution is 2.18.